The first kappa shape index (κ1) is 6.22. The van der Waals surface area contributed by atoms with E-state index in [-0.39, 0.29) is 11.7 Å². The number of fused-ring (bicyclic) bond motifs is 1. The fourth-order valence-electron chi connectivity index (χ4n) is 1.03. The largest absolute Gasteiger partial charge is 0.270 e. The molecule has 0 aromatic heterocycles. The normalized spacial score (nSPS) is 13.7. The number of benzene rings is 1. The molecule has 1 aromatic carbocycles. The van der Waals surface area contributed by atoms with E-state index >= 15 is 0 Å². The van der Waals surface area contributed by atoms with E-state index in [9.17, 15) is 9.18 Å². The summed E-state index contributed by atoms with van der Waals surface area (Å²) in [6.45, 7) is 0. The molecule has 54 valence electrons. The summed E-state index contributed by atoms with van der Waals surface area (Å²) < 4.78 is 12.5. The number of halogens is 1. The van der Waals surface area contributed by atoms with E-state index in [1.165, 1.54) is 24.3 Å². The molecule has 0 unspecified atom stereocenters. The van der Waals surface area contributed by atoms with Gasteiger partial charge < -0.3 is 0 Å². The van der Waals surface area contributed by atoms with E-state index in [0.717, 1.165) is 0 Å². The van der Waals surface area contributed by atoms with Gasteiger partial charge in [-0.05, 0) is 18.2 Å². The molecule has 0 saturated carbocycles. The van der Waals surface area contributed by atoms with Gasteiger partial charge in [0.25, 0.3) is 5.91 Å². The summed E-state index contributed by atoms with van der Waals surface area (Å²) in [5.41, 5.74) is 0. The molecular weight excluding hydrogens is 145 g/mol. The fraction of sp³-hybridized carbons (Fsp3) is 0. The third kappa shape index (κ3) is 0.941. The van der Waals surface area contributed by atoms with Crippen molar-refractivity contribution in [2.75, 3.05) is 0 Å². The molecule has 1 amide bonds. The third-order valence-corrected chi connectivity index (χ3v) is 1.50. The van der Waals surface area contributed by atoms with E-state index in [2.05, 4.69) is 4.99 Å². The summed E-state index contributed by atoms with van der Waals surface area (Å²) in [5, 5.41) is 1.12. The van der Waals surface area contributed by atoms with Gasteiger partial charge in [0, 0.05) is 11.3 Å². The lowest BCUT2D eigenvalue weighted by atomic mass is 10.3. The summed E-state index contributed by atoms with van der Waals surface area (Å²) in [6.07, 6.45) is 1.32. The Morgan fingerprint density at radius 1 is 1.36 bits per heavy atom. The highest BCUT2D eigenvalue weighted by Crippen LogP contribution is 1.89. The van der Waals surface area contributed by atoms with Gasteiger partial charge in [-0.1, -0.05) is 0 Å². The molecule has 1 aliphatic heterocycles. The van der Waals surface area contributed by atoms with Gasteiger partial charge in [-0.25, -0.2) is 9.38 Å². The molecule has 2 rings (SSSR count). The van der Waals surface area contributed by atoms with Crippen molar-refractivity contribution in [3.63, 3.8) is 0 Å². The van der Waals surface area contributed by atoms with Crippen LogP contribution in [-0.2, 0) is 4.79 Å². The molecule has 0 spiro atoms. The van der Waals surface area contributed by atoms with Crippen LogP contribution in [0.4, 0.5) is 4.39 Å². The lowest BCUT2D eigenvalue weighted by molar-refractivity contribution is -0.112. The van der Waals surface area contributed by atoms with Crippen LogP contribution in [0.3, 0.4) is 0 Å². The van der Waals surface area contributed by atoms with Gasteiger partial charge in [-0.2, -0.15) is 0 Å². The van der Waals surface area contributed by atoms with Crippen LogP contribution in [0.25, 0.3) is 6.08 Å². The predicted octanol–water partition coefficient (Wildman–Crippen LogP) is -0.234. The molecule has 1 aliphatic rings. The molecule has 0 aliphatic carbocycles. The highest BCUT2D eigenvalue weighted by Gasteiger charge is 2.02. The minimum atomic E-state index is -0.343. The van der Waals surface area contributed by atoms with Crippen molar-refractivity contribution < 1.29 is 9.18 Å². The third-order valence-electron chi connectivity index (χ3n) is 1.50. The Balaban J connectivity index is 2.89. The Bertz CT molecular complexity index is 436. The van der Waals surface area contributed by atoms with E-state index in [0.29, 0.717) is 10.6 Å². The van der Waals surface area contributed by atoms with Crippen LogP contribution in [0.2, 0.25) is 0 Å². The van der Waals surface area contributed by atoms with Gasteiger partial charge in [-0.3, -0.25) is 4.79 Å². The SMILES string of the molecule is O=C1C=c2cc(F)ccc2=N1. The molecular formula is C8H4FNO. The Morgan fingerprint density at radius 2 is 2.18 bits per heavy atom. The monoisotopic (exact) mass is 149 g/mol. The molecule has 0 radical (unpaired) electrons. The summed E-state index contributed by atoms with van der Waals surface area (Å²) in [4.78, 5) is 14.3. The summed E-state index contributed by atoms with van der Waals surface area (Å²) >= 11 is 0. The van der Waals surface area contributed by atoms with Crippen LogP contribution < -0.4 is 10.6 Å². The molecule has 2 nitrogen and oxygen atoms in total. The Hall–Kier alpha value is -1.51. The first-order chi connectivity index (χ1) is 5.25. The maximum absolute atomic E-state index is 12.5. The second-order valence-corrected chi connectivity index (χ2v) is 2.30. The zero-order chi connectivity index (χ0) is 7.84. The van der Waals surface area contributed by atoms with Gasteiger partial charge in [0.2, 0.25) is 0 Å². The van der Waals surface area contributed by atoms with Crippen molar-refractivity contribution in [2.45, 2.75) is 0 Å². The van der Waals surface area contributed by atoms with E-state index in [4.69, 9.17) is 0 Å². The lowest BCUT2D eigenvalue weighted by Gasteiger charge is -1.82. The molecule has 1 heterocycles. The smallest absolute Gasteiger partial charge is 0.267 e. The molecule has 0 bridgehead atoms. The summed E-state index contributed by atoms with van der Waals surface area (Å²) in [5.74, 6) is -0.657. The van der Waals surface area contributed by atoms with Gasteiger partial charge in [-0.15, -0.1) is 0 Å². The lowest BCUT2D eigenvalue weighted by Crippen LogP contribution is -2.20. The first-order valence-corrected chi connectivity index (χ1v) is 3.16. The minimum Gasteiger partial charge on any atom is -0.267 e. The number of nitrogens with zero attached hydrogens (tertiary/aromatic N) is 1. The zero-order valence-electron chi connectivity index (χ0n) is 5.54. The van der Waals surface area contributed by atoms with E-state index < -0.39 is 0 Å². The predicted molar refractivity (Wildman–Crippen MR) is 36.7 cm³/mol. The Labute approximate surface area is 61.7 Å². The molecule has 0 fully saturated rings. The van der Waals surface area contributed by atoms with Crippen molar-refractivity contribution in [1.82, 2.24) is 0 Å². The molecule has 0 saturated heterocycles. The zero-order valence-corrected chi connectivity index (χ0v) is 5.54. The highest BCUT2D eigenvalue weighted by molar-refractivity contribution is 6.06. The maximum atomic E-state index is 12.5. The summed E-state index contributed by atoms with van der Waals surface area (Å²) in [6, 6.07) is 4.07. The van der Waals surface area contributed by atoms with Crippen molar-refractivity contribution >= 4 is 12.0 Å². The summed E-state index contributed by atoms with van der Waals surface area (Å²) in [7, 11) is 0. The Kier molecular flexibility index (Phi) is 1.12. The highest BCUT2D eigenvalue weighted by atomic mass is 19.1. The number of hydrogen-bond donors (Lipinski definition) is 0. The van der Waals surface area contributed by atoms with E-state index in [1.54, 1.807) is 0 Å². The van der Waals surface area contributed by atoms with Crippen LogP contribution in [0.5, 0.6) is 0 Å². The van der Waals surface area contributed by atoms with E-state index in [1.807, 2.05) is 0 Å². The van der Waals surface area contributed by atoms with Crippen LogP contribution in [0.1, 0.15) is 0 Å². The number of hydrogen-bond acceptors (Lipinski definition) is 1. The average molecular weight is 149 g/mol. The second kappa shape index (κ2) is 1.99. The first-order valence-electron chi connectivity index (χ1n) is 3.16. The standard InChI is InChI=1S/C8H4FNO/c9-6-1-2-7-5(3-6)4-8(11)10-7/h1-4H. The topological polar surface area (TPSA) is 29.4 Å². The quantitative estimate of drug-likeness (QED) is 0.500. The maximum Gasteiger partial charge on any atom is 0.270 e. The number of carbonyl (C=O) groups excluding carboxylic acids is 1. The Morgan fingerprint density at radius 3 is 3.00 bits per heavy atom. The van der Waals surface area contributed by atoms with Gasteiger partial charge in [0.15, 0.2) is 0 Å². The van der Waals surface area contributed by atoms with Crippen molar-refractivity contribution in [3.05, 3.63) is 34.6 Å². The fourth-order valence-corrected chi connectivity index (χ4v) is 1.03. The van der Waals surface area contributed by atoms with Gasteiger partial charge >= 0.3 is 0 Å². The number of amides is 1. The minimum absolute atomic E-state index is 0.314. The molecule has 11 heavy (non-hydrogen) atoms. The average Bonchev–Trinajstić information content (AvgIpc) is 2.27. The van der Waals surface area contributed by atoms with Gasteiger partial charge in [0.1, 0.15) is 5.82 Å². The van der Waals surface area contributed by atoms with Crippen molar-refractivity contribution in [2.24, 2.45) is 4.99 Å². The van der Waals surface area contributed by atoms with Crippen LogP contribution in [0.15, 0.2) is 23.2 Å². The van der Waals surface area contributed by atoms with Crippen molar-refractivity contribution in [1.29, 1.82) is 0 Å². The van der Waals surface area contributed by atoms with Crippen LogP contribution in [0, 0.1) is 5.82 Å². The van der Waals surface area contributed by atoms with Crippen LogP contribution >= 0.6 is 0 Å². The molecule has 0 N–H and O–H groups in total. The number of rotatable bonds is 0. The molecule has 1 aromatic rings. The number of carbonyl (C=O) groups is 1. The van der Waals surface area contributed by atoms with Crippen molar-refractivity contribution in [3.8, 4) is 0 Å². The molecule has 0 atom stereocenters. The van der Waals surface area contributed by atoms with Gasteiger partial charge in [0.05, 0.1) is 5.36 Å². The second-order valence-electron chi connectivity index (χ2n) is 2.30. The molecule has 3 heteroatoms. The van der Waals surface area contributed by atoms with Crippen LogP contribution in [-0.4, -0.2) is 5.91 Å².